The largest absolute Gasteiger partial charge is 0.399 e. The number of nitrogens with two attached hydrogens (primary N) is 2. The van der Waals surface area contributed by atoms with Crippen molar-refractivity contribution in [1.29, 1.82) is 0 Å². The molecule has 4 N–H and O–H groups in total. The minimum atomic E-state index is 0.718. The number of hydrogen-bond donors (Lipinski definition) is 2. The van der Waals surface area contributed by atoms with Gasteiger partial charge in [0.25, 0.3) is 0 Å². The molecule has 0 aliphatic carbocycles. The standard InChI is InChI=1S/C12H19N3/c13-9-10-5-7-15(8-6-10)12-3-1-11(14)2-4-12/h1-4,10H,5-9,13-14H2. The summed E-state index contributed by atoms with van der Waals surface area (Å²) in [5.41, 5.74) is 13.4. The molecular weight excluding hydrogens is 186 g/mol. The number of hydrogen-bond acceptors (Lipinski definition) is 3. The fourth-order valence-electron chi connectivity index (χ4n) is 2.11. The fourth-order valence-corrected chi connectivity index (χ4v) is 2.11. The third kappa shape index (κ3) is 2.42. The molecule has 1 aromatic rings. The highest BCUT2D eigenvalue weighted by atomic mass is 15.1. The second kappa shape index (κ2) is 4.53. The number of piperidine rings is 1. The minimum Gasteiger partial charge on any atom is -0.399 e. The Labute approximate surface area is 91.1 Å². The Morgan fingerprint density at radius 1 is 1.13 bits per heavy atom. The first-order valence-electron chi connectivity index (χ1n) is 5.60. The minimum absolute atomic E-state index is 0.718. The summed E-state index contributed by atoms with van der Waals surface area (Å²) >= 11 is 0. The molecule has 3 heteroatoms. The topological polar surface area (TPSA) is 55.3 Å². The van der Waals surface area contributed by atoms with Gasteiger partial charge in [-0.1, -0.05) is 0 Å². The van der Waals surface area contributed by atoms with E-state index in [1.807, 2.05) is 12.1 Å². The summed E-state index contributed by atoms with van der Waals surface area (Å²) in [7, 11) is 0. The molecule has 3 nitrogen and oxygen atoms in total. The van der Waals surface area contributed by atoms with E-state index < -0.39 is 0 Å². The number of anilines is 2. The van der Waals surface area contributed by atoms with E-state index in [-0.39, 0.29) is 0 Å². The van der Waals surface area contributed by atoms with E-state index in [4.69, 9.17) is 11.5 Å². The smallest absolute Gasteiger partial charge is 0.0367 e. The molecule has 0 amide bonds. The lowest BCUT2D eigenvalue weighted by Gasteiger charge is -2.33. The first-order valence-corrected chi connectivity index (χ1v) is 5.60. The molecular formula is C12H19N3. The molecule has 1 heterocycles. The van der Waals surface area contributed by atoms with Crippen LogP contribution in [0.1, 0.15) is 12.8 Å². The van der Waals surface area contributed by atoms with Crippen molar-refractivity contribution in [2.75, 3.05) is 30.3 Å². The monoisotopic (exact) mass is 205 g/mol. The molecule has 0 unspecified atom stereocenters. The molecule has 15 heavy (non-hydrogen) atoms. The van der Waals surface area contributed by atoms with Crippen molar-refractivity contribution in [2.45, 2.75) is 12.8 Å². The van der Waals surface area contributed by atoms with Crippen LogP contribution in [0.3, 0.4) is 0 Å². The summed E-state index contributed by atoms with van der Waals surface area (Å²) in [6, 6.07) is 8.12. The quantitative estimate of drug-likeness (QED) is 0.718. The number of rotatable bonds is 2. The van der Waals surface area contributed by atoms with E-state index in [2.05, 4.69) is 17.0 Å². The van der Waals surface area contributed by atoms with Crippen LogP contribution in [-0.2, 0) is 0 Å². The Morgan fingerprint density at radius 3 is 2.27 bits per heavy atom. The summed E-state index contributed by atoms with van der Waals surface area (Å²) in [6.45, 7) is 3.06. The van der Waals surface area contributed by atoms with Crippen LogP contribution in [0.15, 0.2) is 24.3 Å². The van der Waals surface area contributed by atoms with Crippen molar-refractivity contribution in [3.05, 3.63) is 24.3 Å². The third-order valence-corrected chi connectivity index (χ3v) is 3.21. The Morgan fingerprint density at radius 2 is 1.73 bits per heavy atom. The van der Waals surface area contributed by atoms with Crippen LogP contribution in [-0.4, -0.2) is 19.6 Å². The fraction of sp³-hybridized carbons (Fsp3) is 0.500. The molecule has 1 fully saturated rings. The maximum atomic E-state index is 5.67. The maximum Gasteiger partial charge on any atom is 0.0367 e. The number of nitrogens with zero attached hydrogens (tertiary/aromatic N) is 1. The van der Waals surface area contributed by atoms with Crippen molar-refractivity contribution >= 4 is 11.4 Å². The molecule has 0 aromatic heterocycles. The molecule has 0 saturated carbocycles. The van der Waals surface area contributed by atoms with Gasteiger partial charge in [-0.2, -0.15) is 0 Å². The summed E-state index contributed by atoms with van der Waals surface area (Å²) in [5.74, 6) is 0.718. The highest BCUT2D eigenvalue weighted by molar-refractivity contribution is 5.53. The Kier molecular flexibility index (Phi) is 3.11. The van der Waals surface area contributed by atoms with Gasteiger partial charge in [-0.15, -0.1) is 0 Å². The van der Waals surface area contributed by atoms with Crippen molar-refractivity contribution < 1.29 is 0 Å². The Bertz CT molecular complexity index is 299. The average molecular weight is 205 g/mol. The first kappa shape index (κ1) is 10.3. The second-order valence-corrected chi connectivity index (χ2v) is 4.26. The summed E-state index contributed by atoms with van der Waals surface area (Å²) in [6.07, 6.45) is 2.42. The van der Waals surface area contributed by atoms with Gasteiger partial charge in [0.2, 0.25) is 0 Å². The van der Waals surface area contributed by atoms with Crippen molar-refractivity contribution in [3.8, 4) is 0 Å². The van der Waals surface area contributed by atoms with Crippen LogP contribution < -0.4 is 16.4 Å². The first-order chi connectivity index (χ1) is 7.29. The van der Waals surface area contributed by atoms with Gasteiger partial charge in [0.05, 0.1) is 0 Å². The van der Waals surface area contributed by atoms with Gasteiger partial charge in [-0.25, -0.2) is 0 Å². The van der Waals surface area contributed by atoms with E-state index >= 15 is 0 Å². The second-order valence-electron chi connectivity index (χ2n) is 4.26. The Balaban J connectivity index is 1.98. The highest BCUT2D eigenvalue weighted by Gasteiger charge is 2.17. The van der Waals surface area contributed by atoms with Gasteiger partial charge in [0.1, 0.15) is 0 Å². The predicted octanol–water partition coefficient (Wildman–Crippen LogP) is 1.44. The van der Waals surface area contributed by atoms with E-state index in [0.29, 0.717) is 0 Å². The van der Waals surface area contributed by atoms with Gasteiger partial charge in [-0.05, 0) is 49.6 Å². The van der Waals surface area contributed by atoms with Crippen LogP contribution in [0.4, 0.5) is 11.4 Å². The lowest BCUT2D eigenvalue weighted by Crippen LogP contribution is -2.35. The molecule has 0 atom stereocenters. The van der Waals surface area contributed by atoms with Crippen LogP contribution in [0.25, 0.3) is 0 Å². The van der Waals surface area contributed by atoms with Gasteiger partial charge < -0.3 is 16.4 Å². The zero-order valence-corrected chi connectivity index (χ0v) is 9.02. The zero-order chi connectivity index (χ0) is 10.7. The molecule has 0 spiro atoms. The van der Waals surface area contributed by atoms with Crippen molar-refractivity contribution in [2.24, 2.45) is 11.7 Å². The lowest BCUT2D eigenvalue weighted by molar-refractivity contribution is 0.414. The van der Waals surface area contributed by atoms with Gasteiger partial charge >= 0.3 is 0 Å². The number of benzene rings is 1. The molecule has 1 aromatic carbocycles. The van der Waals surface area contributed by atoms with E-state index in [9.17, 15) is 0 Å². The predicted molar refractivity (Wildman–Crippen MR) is 64.8 cm³/mol. The van der Waals surface area contributed by atoms with E-state index in [1.54, 1.807) is 0 Å². The summed E-state index contributed by atoms with van der Waals surface area (Å²) in [4.78, 5) is 2.41. The maximum absolute atomic E-state index is 5.67. The zero-order valence-electron chi connectivity index (χ0n) is 9.02. The molecule has 0 radical (unpaired) electrons. The molecule has 1 saturated heterocycles. The van der Waals surface area contributed by atoms with Crippen LogP contribution in [0.2, 0.25) is 0 Å². The summed E-state index contributed by atoms with van der Waals surface area (Å²) in [5, 5.41) is 0. The Hall–Kier alpha value is -1.22. The van der Waals surface area contributed by atoms with E-state index in [1.165, 1.54) is 18.5 Å². The molecule has 2 rings (SSSR count). The molecule has 82 valence electrons. The molecule has 1 aliphatic heterocycles. The number of nitrogen functional groups attached to an aromatic ring is 1. The van der Waals surface area contributed by atoms with Gasteiger partial charge in [0, 0.05) is 24.5 Å². The van der Waals surface area contributed by atoms with Crippen LogP contribution in [0.5, 0.6) is 0 Å². The van der Waals surface area contributed by atoms with E-state index in [0.717, 1.165) is 31.2 Å². The lowest BCUT2D eigenvalue weighted by atomic mass is 9.97. The third-order valence-electron chi connectivity index (χ3n) is 3.21. The van der Waals surface area contributed by atoms with Crippen LogP contribution >= 0.6 is 0 Å². The van der Waals surface area contributed by atoms with Crippen LogP contribution in [0, 0.1) is 5.92 Å². The molecule has 0 bridgehead atoms. The average Bonchev–Trinajstić information content (AvgIpc) is 2.30. The normalized spacial score (nSPS) is 18.1. The highest BCUT2D eigenvalue weighted by Crippen LogP contribution is 2.23. The SMILES string of the molecule is NCC1CCN(c2ccc(N)cc2)CC1. The van der Waals surface area contributed by atoms with Gasteiger partial charge in [0.15, 0.2) is 0 Å². The summed E-state index contributed by atoms with van der Waals surface area (Å²) < 4.78 is 0. The molecule has 1 aliphatic rings. The van der Waals surface area contributed by atoms with Crippen molar-refractivity contribution in [1.82, 2.24) is 0 Å². The van der Waals surface area contributed by atoms with Crippen molar-refractivity contribution in [3.63, 3.8) is 0 Å². The van der Waals surface area contributed by atoms with Gasteiger partial charge in [-0.3, -0.25) is 0 Å².